The van der Waals surface area contributed by atoms with Crippen LogP contribution in [-0.2, 0) is 9.53 Å². The van der Waals surface area contributed by atoms with E-state index in [4.69, 9.17) is 4.74 Å². The number of hydrogen-bond donors (Lipinski definition) is 1. The van der Waals surface area contributed by atoms with Crippen molar-refractivity contribution in [3.8, 4) is 5.75 Å². The van der Waals surface area contributed by atoms with Crippen LogP contribution in [0.2, 0.25) is 0 Å². The van der Waals surface area contributed by atoms with Crippen LogP contribution in [0.5, 0.6) is 5.75 Å². The average molecular weight is 429 g/mol. The number of phenolic OH excluding ortho intramolecular Hbond substituents is 1. The molecule has 0 radical (unpaired) electrons. The molecule has 0 aliphatic carbocycles. The summed E-state index contributed by atoms with van der Waals surface area (Å²) in [5.41, 5.74) is 1.17. The van der Waals surface area contributed by atoms with Crippen LogP contribution in [-0.4, -0.2) is 46.7 Å². The van der Waals surface area contributed by atoms with Gasteiger partial charge in [0, 0.05) is 27.6 Å². The third-order valence-electron chi connectivity index (χ3n) is 5.28. The number of amides is 2. The van der Waals surface area contributed by atoms with Gasteiger partial charge in [-0.3, -0.25) is 19.3 Å². The number of carbonyl (C=O) groups is 4. The Hall–Kier alpha value is -4.26. The lowest BCUT2D eigenvalue weighted by Crippen LogP contribution is -2.42. The van der Waals surface area contributed by atoms with Crippen molar-refractivity contribution >= 4 is 34.3 Å². The molecule has 1 N–H and O–H groups in total. The molecule has 7 heteroatoms. The number of esters is 1. The van der Waals surface area contributed by atoms with E-state index in [9.17, 15) is 24.3 Å². The zero-order chi connectivity index (χ0) is 23.0. The van der Waals surface area contributed by atoms with E-state index in [2.05, 4.69) is 6.58 Å². The van der Waals surface area contributed by atoms with E-state index in [1.807, 2.05) is 0 Å². The van der Waals surface area contributed by atoms with Crippen LogP contribution in [0.25, 0.3) is 10.8 Å². The summed E-state index contributed by atoms with van der Waals surface area (Å²) in [6.45, 7) is 4.73. The summed E-state index contributed by atoms with van der Waals surface area (Å²) in [7, 11) is 0. The predicted molar refractivity (Wildman–Crippen MR) is 117 cm³/mol. The molecule has 2 amide bonds. The second-order valence-electron chi connectivity index (χ2n) is 7.41. The highest BCUT2D eigenvalue weighted by molar-refractivity contribution is 6.28. The standard InChI is InChI=1S/C25H19NO6/c1-14(2)25(31)32-13-12-26-23(29)18-8-5-7-15-16(10-11-19(21(15)18)24(26)30)22(28)17-6-3-4-9-20(17)27/h3-11,27H,1,12-13H2,2H3. The van der Waals surface area contributed by atoms with Crippen molar-refractivity contribution in [3.63, 3.8) is 0 Å². The number of aromatic hydroxyl groups is 1. The number of phenols is 1. The zero-order valence-electron chi connectivity index (χ0n) is 17.3. The van der Waals surface area contributed by atoms with E-state index in [0.29, 0.717) is 10.8 Å². The predicted octanol–water partition coefficient (Wildman–Crippen LogP) is 3.49. The highest BCUT2D eigenvalue weighted by atomic mass is 16.5. The number of nitrogens with zero attached hydrogens (tertiary/aromatic N) is 1. The minimum absolute atomic E-state index is 0.106. The van der Waals surface area contributed by atoms with Gasteiger partial charge in [-0.2, -0.15) is 0 Å². The molecule has 0 saturated heterocycles. The lowest BCUT2D eigenvalue weighted by molar-refractivity contribution is -0.139. The van der Waals surface area contributed by atoms with Gasteiger partial charge in [0.25, 0.3) is 11.8 Å². The van der Waals surface area contributed by atoms with Crippen molar-refractivity contribution in [2.24, 2.45) is 0 Å². The maximum absolute atomic E-state index is 13.1. The fourth-order valence-corrected chi connectivity index (χ4v) is 3.71. The number of rotatable bonds is 6. The molecule has 0 saturated carbocycles. The number of para-hydroxylation sites is 1. The molecule has 1 aliphatic heterocycles. The summed E-state index contributed by atoms with van der Waals surface area (Å²) < 4.78 is 5.02. The maximum Gasteiger partial charge on any atom is 0.333 e. The van der Waals surface area contributed by atoms with Gasteiger partial charge in [0.05, 0.1) is 12.1 Å². The van der Waals surface area contributed by atoms with Crippen molar-refractivity contribution in [2.45, 2.75) is 6.92 Å². The Morgan fingerprint density at radius 3 is 2.31 bits per heavy atom. The number of carbonyl (C=O) groups excluding carboxylic acids is 4. The number of hydrogen-bond acceptors (Lipinski definition) is 6. The molecule has 32 heavy (non-hydrogen) atoms. The van der Waals surface area contributed by atoms with Gasteiger partial charge in [-0.05, 0) is 42.6 Å². The van der Waals surface area contributed by atoms with Crippen molar-refractivity contribution in [2.75, 3.05) is 13.2 Å². The average Bonchev–Trinajstić information content (AvgIpc) is 2.79. The Labute approximate surface area is 183 Å². The number of ketones is 1. The first-order valence-electron chi connectivity index (χ1n) is 9.88. The molecule has 4 rings (SSSR count). The minimum Gasteiger partial charge on any atom is -0.507 e. The summed E-state index contributed by atoms with van der Waals surface area (Å²) in [5, 5.41) is 10.9. The Kier molecular flexibility index (Phi) is 5.32. The van der Waals surface area contributed by atoms with E-state index < -0.39 is 23.6 Å². The third kappa shape index (κ3) is 3.43. The molecule has 1 heterocycles. The van der Waals surface area contributed by atoms with E-state index in [0.717, 1.165) is 4.90 Å². The van der Waals surface area contributed by atoms with Crippen LogP contribution in [0, 0.1) is 0 Å². The quantitative estimate of drug-likeness (QED) is 0.279. The molecule has 3 aromatic carbocycles. The second kappa shape index (κ2) is 8.11. The lowest BCUT2D eigenvalue weighted by atomic mass is 9.89. The molecule has 160 valence electrons. The van der Waals surface area contributed by atoms with E-state index >= 15 is 0 Å². The van der Waals surface area contributed by atoms with Gasteiger partial charge in [-0.1, -0.05) is 30.8 Å². The Balaban J connectivity index is 1.73. The molecule has 7 nitrogen and oxygen atoms in total. The minimum atomic E-state index is -0.600. The molecular weight excluding hydrogens is 410 g/mol. The largest absolute Gasteiger partial charge is 0.507 e. The molecule has 0 unspecified atom stereocenters. The molecular formula is C25H19NO6. The van der Waals surface area contributed by atoms with E-state index in [-0.39, 0.29) is 46.7 Å². The van der Waals surface area contributed by atoms with Crippen LogP contribution in [0.3, 0.4) is 0 Å². The maximum atomic E-state index is 13.1. The number of benzene rings is 3. The molecule has 0 fully saturated rings. The number of ether oxygens (including phenoxy) is 1. The third-order valence-corrected chi connectivity index (χ3v) is 5.28. The highest BCUT2D eigenvalue weighted by Gasteiger charge is 2.34. The first-order chi connectivity index (χ1) is 15.3. The van der Waals surface area contributed by atoms with Crippen LogP contribution in [0.4, 0.5) is 0 Å². The first kappa shape index (κ1) is 21.0. The van der Waals surface area contributed by atoms with Crippen LogP contribution >= 0.6 is 0 Å². The molecule has 1 aliphatic rings. The normalized spacial score (nSPS) is 12.7. The van der Waals surface area contributed by atoms with E-state index in [1.165, 1.54) is 31.2 Å². The van der Waals surface area contributed by atoms with Crippen molar-refractivity contribution in [1.82, 2.24) is 4.90 Å². The molecule has 0 atom stereocenters. The van der Waals surface area contributed by atoms with Gasteiger partial charge in [-0.25, -0.2) is 4.79 Å². The van der Waals surface area contributed by atoms with Gasteiger partial charge in [0.15, 0.2) is 5.78 Å². The Bertz CT molecular complexity index is 1300. The Morgan fingerprint density at radius 1 is 0.938 bits per heavy atom. The van der Waals surface area contributed by atoms with Gasteiger partial charge in [-0.15, -0.1) is 0 Å². The summed E-state index contributed by atoms with van der Waals surface area (Å²) in [5.74, 6) is -2.24. The molecule has 3 aromatic rings. The van der Waals surface area contributed by atoms with E-state index in [1.54, 1.807) is 30.3 Å². The fourth-order valence-electron chi connectivity index (χ4n) is 3.71. The number of imide groups is 1. The summed E-state index contributed by atoms with van der Waals surface area (Å²) in [4.78, 5) is 51.8. The zero-order valence-corrected chi connectivity index (χ0v) is 17.3. The molecule has 0 aromatic heterocycles. The summed E-state index contributed by atoms with van der Waals surface area (Å²) in [6, 6.07) is 14.1. The fraction of sp³-hybridized carbons (Fsp3) is 0.120. The second-order valence-corrected chi connectivity index (χ2v) is 7.41. The summed E-state index contributed by atoms with van der Waals surface area (Å²) in [6.07, 6.45) is 0. The van der Waals surface area contributed by atoms with Gasteiger partial charge in [0.1, 0.15) is 12.4 Å². The van der Waals surface area contributed by atoms with Gasteiger partial charge < -0.3 is 9.84 Å². The van der Waals surface area contributed by atoms with Gasteiger partial charge in [0.2, 0.25) is 0 Å². The first-order valence-corrected chi connectivity index (χ1v) is 9.88. The molecule has 0 spiro atoms. The van der Waals surface area contributed by atoms with Crippen LogP contribution in [0.1, 0.15) is 43.6 Å². The van der Waals surface area contributed by atoms with Crippen molar-refractivity contribution < 1.29 is 29.0 Å². The smallest absolute Gasteiger partial charge is 0.333 e. The van der Waals surface area contributed by atoms with Crippen LogP contribution in [0.15, 0.2) is 66.7 Å². The highest BCUT2D eigenvalue weighted by Crippen LogP contribution is 2.34. The van der Waals surface area contributed by atoms with Crippen molar-refractivity contribution in [1.29, 1.82) is 0 Å². The SMILES string of the molecule is C=C(C)C(=O)OCCN1C(=O)c2cccc3c(C(=O)c4ccccc4O)ccc(c23)C1=O. The lowest BCUT2D eigenvalue weighted by Gasteiger charge is -2.27. The Morgan fingerprint density at radius 2 is 1.62 bits per heavy atom. The molecule has 0 bridgehead atoms. The van der Waals surface area contributed by atoms with Crippen molar-refractivity contribution in [3.05, 3.63) is 89.0 Å². The monoisotopic (exact) mass is 429 g/mol. The topological polar surface area (TPSA) is 101 Å². The van der Waals surface area contributed by atoms with Crippen LogP contribution < -0.4 is 0 Å². The summed E-state index contributed by atoms with van der Waals surface area (Å²) >= 11 is 0. The van der Waals surface area contributed by atoms with Gasteiger partial charge >= 0.3 is 5.97 Å².